The molecule has 1 aliphatic carbocycles. The smallest absolute Gasteiger partial charge is 0.200 e. The lowest BCUT2D eigenvalue weighted by atomic mass is 9.85. The van der Waals surface area contributed by atoms with Crippen molar-refractivity contribution < 1.29 is 35.3 Å². The number of hydrogen-bond donors (Lipinski definition) is 1. The van der Waals surface area contributed by atoms with Crippen molar-refractivity contribution in [2.75, 3.05) is 29.9 Å². The van der Waals surface area contributed by atoms with Crippen LogP contribution in [0, 0.1) is 6.92 Å². The van der Waals surface area contributed by atoms with Crippen molar-refractivity contribution in [1.29, 1.82) is 0 Å². The Bertz CT molecular complexity index is 2680. The number of rotatable bonds is 15. The Hall–Kier alpha value is -5.79. The lowest BCUT2D eigenvalue weighted by molar-refractivity contribution is -0.539. The van der Waals surface area contributed by atoms with Gasteiger partial charge in [-0.2, -0.15) is 0 Å². The second kappa shape index (κ2) is 18.4. The highest BCUT2D eigenvalue weighted by atomic mass is 32.2. The third kappa shape index (κ3) is 10.6. The average Bonchev–Trinajstić information content (AvgIpc) is 3.21. The van der Waals surface area contributed by atoms with E-state index in [1.807, 2.05) is 57.2 Å². The Kier molecular flexibility index (Phi) is 13.4. The zero-order valence-corrected chi connectivity index (χ0v) is 35.4. The molecule has 10 nitrogen and oxygen atoms in total. The van der Waals surface area contributed by atoms with Crippen molar-refractivity contribution >= 4 is 48.6 Å². The number of anilines is 3. The lowest BCUT2D eigenvalue weighted by Crippen LogP contribution is -2.22. The van der Waals surface area contributed by atoms with Gasteiger partial charge in [0.15, 0.2) is 12.3 Å². The third-order valence-electron chi connectivity index (χ3n) is 10.2. The first-order chi connectivity index (χ1) is 28.2. The van der Waals surface area contributed by atoms with Crippen LogP contribution in [0.1, 0.15) is 55.5 Å². The van der Waals surface area contributed by atoms with Gasteiger partial charge in [-0.25, -0.2) is 21.4 Å². The highest BCUT2D eigenvalue weighted by molar-refractivity contribution is 7.86. The van der Waals surface area contributed by atoms with Crippen LogP contribution in [-0.4, -0.2) is 55.9 Å². The molecule has 1 N–H and O–H groups in total. The van der Waals surface area contributed by atoms with E-state index < -0.39 is 20.2 Å². The quantitative estimate of drug-likeness (QED) is 0.0809. The minimum absolute atomic E-state index is 0.245. The third-order valence-corrected chi connectivity index (χ3v) is 11.9. The first-order valence-corrected chi connectivity index (χ1v) is 22.3. The monoisotopic (exact) mass is 830 g/mol. The summed E-state index contributed by atoms with van der Waals surface area (Å²) in [5.41, 5.74) is 11.4. The van der Waals surface area contributed by atoms with Gasteiger partial charge in [0.25, 0.3) is 0 Å². The van der Waals surface area contributed by atoms with Crippen LogP contribution in [0.25, 0.3) is 5.57 Å². The first kappa shape index (κ1) is 42.8. The molecule has 0 amide bonds. The van der Waals surface area contributed by atoms with Gasteiger partial charge in [0.1, 0.15) is 32.5 Å². The van der Waals surface area contributed by atoms with Gasteiger partial charge in [0.2, 0.25) is 0 Å². The van der Waals surface area contributed by atoms with Gasteiger partial charge < -0.3 is 24.1 Å². The average molecular weight is 831 g/mol. The number of aryl methyl sites for hydroxylation is 1. The largest absolute Gasteiger partial charge is 0.744 e. The summed E-state index contributed by atoms with van der Waals surface area (Å²) < 4.78 is 78.1. The molecule has 6 rings (SSSR count). The maximum absolute atomic E-state index is 11.7. The number of nitrogens with one attached hydrogen (secondary N) is 1. The summed E-state index contributed by atoms with van der Waals surface area (Å²) in [5, 5.41) is 3.48. The highest BCUT2D eigenvalue weighted by Gasteiger charge is 2.21. The van der Waals surface area contributed by atoms with Crippen molar-refractivity contribution in [1.82, 2.24) is 0 Å². The topological polar surface area (TPSA) is 142 Å². The van der Waals surface area contributed by atoms with Gasteiger partial charge >= 0.3 is 0 Å². The summed E-state index contributed by atoms with van der Waals surface area (Å²) in [6.07, 6.45) is 6.32. The minimum atomic E-state index is -4.58. The summed E-state index contributed by atoms with van der Waals surface area (Å²) in [6.45, 7) is 12.9. The number of benzene rings is 5. The molecule has 0 radical (unpaired) electrons. The Labute approximate surface area is 348 Å². The Morgan fingerprint density at radius 1 is 0.729 bits per heavy atom. The summed E-state index contributed by atoms with van der Waals surface area (Å²) in [7, 11) is -9.15. The molecule has 0 saturated heterocycles. The van der Waals surface area contributed by atoms with Crippen LogP contribution in [0.3, 0.4) is 0 Å². The van der Waals surface area contributed by atoms with Crippen LogP contribution in [0.15, 0.2) is 154 Å². The molecule has 59 heavy (non-hydrogen) atoms. The molecule has 5 aromatic rings. The number of nitrogens with zero attached hydrogens (tertiary/aromatic N) is 2. The molecule has 306 valence electrons. The van der Waals surface area contributed by atoms with E-state index in [0.717, 1.165) is 73.1 Å². The molecule has 12 heteroatoms. The summed E-state index contributed by atoms with van der Waals surface area (Å²) in [5.74, 6) is 0.812. The molecule has 1 aliphatic rings. The number of ether oxygens (including phenoxy) is 1. The van der Waals surface area contributed by atoms with Crippen LogP contribution >= 0.6 is 0 Å². The molecular formula is C47H48N3O7S2-. The van der Waals surface area contributed by atoms with E-state index in [4.69, 9.17) is 4.74 Å². The van der Waals surface area contributed by atoms with Gasteiger partial charge in [-0.1, -0.05) is 42.5 Å². The second-order valence-corrected chi connectivity index (χ2v) is 17.0. The number of allylic oxidation sites excluding steroid dienone is 5. The second-order valence-electron chi connectivity index (χ2n) is 14.3. The molecule has 0 aromatic heterocycles. The summed E-state index contributed by atoms with van der Waals surface area (Å²) in [4.78, 5) is 1.64. The predicted molar refractivity (Wildman–Crippen MR) is 232 cm³/mol. The van der Waals surface area contributed by atoms with Crippen molar-refractivity contribution in [2.24, 2.45) is 0 Å². The normalized spacial score (nSPS) is 14.7. The van der Waals surface area contributed by atoms with E-state index in [-0.39, 0.29) is 9.79 Å². The van der Waals surface area contributed by atoms with Gasteiger partial charge in [0, 0.05) is 47.9 Å². The maximum atomic E-state index is 11.7. The summed E-state index contributed by atoms with van der Waals surface area (Å²) in [6, 6.07) is 34.8. The molecule has 5 aromatic carbocycles. The minimum Gasteiger partial charge on any atom is -0.744 e. The van der Waals surface area contributed by atoms with E-state index in [2.05, 4.69) is 89.3 Å². The molecule has 0 unspecified atom stereocenters. The summed E-state index contributed by atoms with van der Waals surface area (Å²) >= 11 is 0. The Morgan fingerprint density at radius 3 is 1.90 bits per heavy atom. The van der Waals surface area contributed by atoms with Crippen molar-refractivity contribution in [3.8, 4) is 5.75 Å². The molecular weight excluding hydrogens is 783 g/mol. The van der Waals surface area contributed by atoms with E-state index in [9.17, 15) is 25.9 Å². The Balaban J connectivity index is 1.38. The van der Waals surface area contributed by atoms with Crippen LogP contribution in [0.5, 0.6) is 5.75 Å². The van der Waals surface area contributed by atoms with Gasteiger partial charge in [-0.15, -0.1) is 0 Å². The fourth-order valence-electron chi connectivity index (χ4n) is 7.21. The SMILES string of the molecule is CCOc1ccc(Nc2ccc(/C(=C3/C=CC(=[N+](CC)Cc4cccc(S(=O)(=O)[O-])c4)C=C3C)c3ccc(N(CC)Cc4cccc(S(=O)(=O)[O-])c4)cc3C)cc2)cc1. The molecule has 0 fully saturated rings. The van der Waals surface area contributed by atoms with E-state index in [1.54, 1.807) is 12.1 Å². The molecule has 0 aliphatic heterocycles. The van der Waals surface area contributed by atoms with Crippen LogP contribution in [0.2, 0.25) is 0 Å². The van der Waals surface area contributed by atoms with Crippen molar-refractivity contribution in [2.45, 2.75) is 57.5 Å². The zero-order chi connectivity index (χ0) is 42.3. The van der Waals surface area contributed by atoms with Gasteiger partial charge in [-0.3, -0.25) is 0 Å². The molecule has 0 atom stereocenters. The van der Waals surface area contributed by atoms with Crippen molar-refractivity contribution in [3.63, 3.8) is 0 Å². The van der Waals surface area contributed by atoms with Crippen LogP contribution in [-0.2, 0) is 33.3 Å². The zero-order valence-electron chi connectivity index (χ0n) is 33.8. The fraction of sp³-hybridized carbons (Fsp3) is 0.213. The molecule has 0 saturated carbocycles. The molecule has 0 spiro atoms. The van der Waals surface area contributed by atoms with Crippen molar-refractivity contribution in [3.05, 3.63) is 172 Å². The van der Waals surface area contributed by atoms with Gasteiger partial charge in [0.05, 0.1) is 16.4 Å². The van der Waals surface area contributed by atoms with Crippen LogP contribution in [0.4, 0.5) is 17.1 Å². The van der Waals surface area contributed by atoms with Crippen LogP contribution < -0.4 is 15.0 Å². The lowest BCUT2D eigenvalue weighted by Gasteiger charge is -2.26. The van der Waals surface area contributed by atoms with E-state index in [0.29, 0.717) is 32.8 Å². The fourth-order valence-corrected chi connectivity index (χ4v) is 8.29. The standard InChI is InChI=1S/C47H49N3O7S2/c1-6-49(31-35-11-9-13-43(29-35)58(51,52)53)40-21-25-45(33(4)27-40)47(37-15-17-38(18-16-37)48-39-19-23-42(24-20-39)57-8-3)46-26-22-41(28-34(46)5)50(7-2)32-36-12-10-14-44(30-36)59(54,55)56/h9-30H,6-8,31-32H2,1-5H3,(H2,51,52,53,54,55,56)/p-1. The van der Waals surface area contributed by atoms with E-state index >= 15 is 0 Å². The number of hydrogen-bond acceptors (Lipinski definition) is 9. The maximum Gasteiger partial charge on any atom is 0.200 e. The molecule has 0 bridgehead atoms. The predicted octanol–water partition coefficient (Wildman–Crippen LogP) is 8.96. The van der Waals surface area contributed by atoms with Gasteiger partial charge in [-0.05, 0) is 152 Å². The first-order valence-electron chi connectivity index (χ1n) is 19.5. The van der Waals surface area contributed by atoms with E-state index in [1.165, 1.54) is 24.3 Å². The molecule has 0 heterocycles. The Morgan fingerprint density at radius 2 is 1.34 bits per heavy atom. The highest BCUT2D eigenvalue weighted by Crippen LogP contribution is 2.37.